The van der Waals surface area contributed by atoms with Gasteiger partial charge in [-0.15, -0.1) is 0 Å². The minimum atomic E-state index is -5.19. The highest BCUT2D eigenvalue weighted by molar-refractivity contribution is 7.81. The van der Waals surface area contributed by atoms with Gasteiger partial charge in [0.25, 0.3) is 0 Å². The molecule has 4 N–H and O–H groups in total. The smallest absolute Gasteiger partial charge is 0.387 e. The Balaban J connectivity index is 1.18. The molecule has 4 aromatic carbocycles. The van der Waals surface area contributed by atoms with Crippen LogP contribution in [0.3, 0.4) is 0 Å². The second-order valence-corrected chi connectivity index (χ2v) is 16.4. The lowest BCUT2D eigenvalue weighted by Gasteiger charge is -2.44. The van der Waals surface area contributed by atoms with Gasteiger partial charge in [-0.05, 0) is 22.3 Å². The summed E-state index contributed by atoms with van der Waals surface area (Å²) in [4.78, 5) is 0. The van der Waals surface area contributed by atoms with Crippen LogP contribution in [-0.2, 0) is 93.5 Å². The molecule has 0 bridgehead atoms. The molecule has 2 saturated heterocycles. The standard InChI is InChI=1S/C42H50O18S2/c43-35-33(27-51-23-29-13-5-1-6-14-29)57-41(39(59-61(45,46)47)37(35)55-25-31-17-9-3-10-18-31)53-21-22-54-42-40(60-62(48,49)50)38(56-26-32-19-11-4-12-20-32)36(44)34(58-42)28-52-24-30-15-7-2-8-16-30/h1-20,33-44H,21-28H2,(H,45,46,47)(H,48,49,50)/t33-,34-,35-,36-,37+,38+,39-,40-,41-,42-/m1/s1. The molecule has 2 aliphatic rings. The third-order valence-corrected chi connectivity index (χ3v) is 10.6. The van der Waals surface area contributed by atoms with Gasteiger partial charge in [0, 0.05) is 0 Å². The molecule has 0 aromatic heterocycles. The number of hydrogen-bond acceptors (Lipinski definition) is 16. The van der Waals surface area contributed by atoms with Crippen LogP contribution in [0.25, 0.3) is 0 Å². The number of ether oxygens (including phenoxy) is 8. The van der Waals surface area contributed by atoms with E-state index in [-0.39, 0.29) is 39.6 Å². The molecule has 0 radical (unpaired) electrons. The molecule has 0 amide bonds. The van der Waals surface area contributed by atoms with E-state index in [1.54, 1.807) is 60.7 Å². The lowest BCUT2D eigenvalue weighted by molar-refractivity contribution is -0.321. The fourth-order valence-electron chi connectivity index (χ4n) is 6.79. The van der Waals surface area contributed by atoms with Crippen molar-refractivity contribution in [1.29, 1.82) is 0 Å². The lowest BCUT2D eigenvalue weighted by atomic mass is 9.98. The maximum absolute atomic E-state index is 12.1. The molecule has 2 heterocycles. The van der Waals surface area contributed by atoms with Crippen LogP contribution in [0, 0.1) is 0 Å². The Morgan fingerprint density at radius 2 is 0.742 bits per heavy atom. The SMILES string of the molecule is O=S(=O)(O)O[C@H]1[C@H](OCCO[C@@H]2O[C@H](COCc3ccccc3)[C@@H](O)[C@H](OCc3ccccc3)[C@H]2OS(=O)(=O)O)O[C@H](COCc2ccccc2)[C@@H](O)[C@@H]1OCc1ccccc1. The maximum Gasteiger partial charge on any atom is 0.397 e. The van der Waals surface area contributed by atoms with Gasteiger partial charge in [0.2, 0.25) is 0 Å². The largest absolute Gasteiger partial charge is 0.397 e. The number of hydrogen-bond donors (Lipinski definition) is 4. The third kappa shape index (κ3) is 14.9. The van der Waals surface area contributed by atoms with Crippen LogP contribution in [0.5, 0.6) is 0 Å². The van der Waals surface area contributed by atoms with Crippen molar-refractivity contribution in [3.05, 3.63) is 144 Å². The molecule has 2 fully saturated rings. The summed E-state index contributed by atoms with van der Waals surface area (Å²) in [5, 5.41) is 22.9. The Morgan fingerprint density at radius 1 is 0.435 bits per heavy atom. The maximum atomic E-state index is 12.1. The van der Waals surface area contributed by atoms with Crippen molar-refractivity contribution in [2.45, 2.75) is 87.8 Å². The molecule has 0 spiro atoms. The van der Waals surface area contributed by atoms with E-state index in [4.69, 9.17) is 46.3 Å². The van der Waals surface area contributed by atoms with Crippen molar-refractivity contribution in [1.82, 2.24) is 0 Å². The van der Waals surface area contributed by atoms with Crippen molar-refractivity contribution >= 4 is 20.8 Å². The van der Waals surface area contributed by atoms with Crippen LogP contribution in [0.4, 0.5) is 0 Å². The van der Waals surface area contributed by atoms with Gasteiger partial charge in [0.1, 0.15) is 36.6 Å². The van der Waals surface area contributed by atoms with Gasteiger partial charge in [0.15, 0.2) is 24.8 Å². The number of aliphatic hydroxyl groups excluding tert-OH is 2. The molecule has 20 heteroatoms. The molecule has 0 unspecified atom stereocenters. The first kappa shape index (κ1) is 47.7. The number of aliphatic hydroxyl groups is 2. The van der Waals surface area contributed by atoms with Crippen LogP contribution in [0.2, 0.25) is 0 Å². The molecule has 4 aromatic rings. The van der Waals surface area contributed by atoms with E-state index in [0.717, 1.165) is 11.1 Å². The van der Waals surface area contributed by atoms with E-state index >= 15 is 0 Å². The van der Waals surface area contributed by atoms with Gasteiger partial charge < -0.3 is 48.1 Å². The fraction of sp³-hybridized carbons (Fsp3) is 0.429. The molecule has 2 aliphatic heterocycles. The fourth-order valence-corrected chi connectivity index (χ4v) is 7.75. The zero-order chi connectivity index (χ0) is 44.0. The molecule has 0 saturated carbocycles. The number of benzene rings is 4. The first-order valence-corrected chi connectivity index (χ1v) is 22.3. The molecule has 62 heavy (non-hydrogen) atoms. The van der Waals surface area contributed by atoms with Gasteiger partial charge in [-0.1, -0.05) is 121 Å². The van der Waals surface area contributed by atoms with Crippen molar-refractivity contribution in [2.24, 2.45) is 0 Å². The topological polar surface area (TPSA) is 241 Å². The van der Waals surface area contributed by atoms with Gasteiger partial charge in [-0.2, -0.15) is 16.8 Å². The molecular weight excluding hydrogens is 857 g/mol. The molecule has 10 atom stereocenters. The second kappa shape index (κ2) is 23.2. The molecule has 6 rings (SSSR count). The van der Waals surface area contributed by atoms with E-state index in [0.29, 0.717) is 11.1 Å². The van der Waals surface area contributed by atoms with E-state index in [1.807, 2.05) is 60.7 Å². The summed E-state index contributed by atoms with van der Waals surface area (Å²) in [6.45, 7) is -1.23. The summed E-state index contributed by atoms with van der Waals surface area (Å²) in [7, 11) is -10.4. The molecular formula is C42H50O18S2. The average molecular weight is 907 g/mol. The zero-order valence-corrected chi connectivity index (χ0v) is 34.9. The summed E-state index contributed by atoms with van der Waals surface area (Å²) < 4.78 is 126. The monoisotopic (exact) mass is 906 g/mol. The average Bonchev–Trinajstić information content (AvgIpc) is 3.25. The predicted octanol–water partition coefficient (Wildman–Crippen LogP) is 3.17. The van der Waals surface area contributed by atoms with Crippen molar-refractivity contribution in [2.75, 3.05) is 26.4 Å². The Labute approximate surface area is 360 Å². The molecule has 338 valence electrons. The molecule has 18 nitrogen and oxygen atoms in total. The Bertz CT molecular complexity index is 1970. The van der Waals surface area contributed by atoms with Crippen LogP contribution in [-0.4, -0.2) is 124 Å². The van der Waals surface area contributed by atoms with Crippen molar-refractivity contribution < 1.29 is 82.4 Å². The summed E-state index contributed by atoms with van der Waals surface area (Å²) in [5.74, 6) is 0. The van der Waals surface area contributed by atoms with Gasteiger partial charge in [-0.3, -0.25) is 9.11 Å². The van der Waals surface area contributed by atoms with Gasteiger partial charge in [-0.25, -0.2) is 8.37 Å². The highest BCUT2D eigenvalue weighted by Crippen LogP contribution is 2.31. The lowest BCUT2D eigenvalue weighted by Crippen LogP contribution is -2.62. The van der Waals surface area contributed by atoms with Crippen LogP contribution in [0.1, 0.15) is 22.3 Å². The normalized spacial score (nSPS) is 26.9. The predicted molar refractivity (Wildman–Crippen MR) is 216 cm³/mol. The first-order chi connectivity index (χ1) is 29.8. The van der Waals surface area contributed by atoms with Crippen molar-refractivity contribution in [3.8, 4) is 0 Å². The van der Waals surface area contributed by atoms with Crippen LogP contribution >= 0.6 is 0 Å². The summed E-state index contributed by atoms with van der Waals surface area (Å²) in [6.07, 6.45) is -15.2. The Morgan fingerprint density at radius 3 is 1.05 bits per heavy atom. The summed E-state index contributed by atoms with van der Waals surface area (Å²) >= 11 is 0. The van der Waals surface area contributed by atoms with E-state index in [1.165, 1.54) is 0 Å². The highest BCUT2D eigenvalue weighted by atomic mass is 32.3. The van der Waals surface area contributed by atoms with Crippen LogP contribution < -0.4 is 0 Å². The van der Waals surface area contributed by atoms with Crippen LogP contribution in [0.15, 0.2) is 121 Å². The second-order valence-electron chi connectivity index (χ2n) is 14.3. The summed E-state index contributed by atoms with van der Waals surface area (Å²) in [5.41, 5.74) is 3.01. The van der Waals surface area contributed by atoms with E-state index in [9.17, 15) is 36.2 Å². The van der Waals surface area contributed by atoms with E-state index < -0.39 is 95.4 Å². The summed E-state index contributed by atoms with van der Waals surface area (Å²) in [6, 6.07) is 36.0. The van der Waals surface area contributed by atoms with Gasteiger partial charge >= 0.3 is 20.8 Å². The Hall–Kier alpha value is -3.78. The minimum Gasteiger partial charge on any atom is -0.387 e. The minimum absolute atomic E-state index is 0.106. The van der Waals surface area contributed by atoms with E-state index in [2.05, 4.69) is 0 Å². The van der Waals surface area contributed by atoms with Gasteiger partial charge in [0.05, 0.1) is 52.9 Å². The quantitative estimate of drug-likeness (QED) is 0.0617. The number of rotatable bonds is 23. The molecule has 0 aliphatic carbocycles. The zero-order valence-electron chi connectivity index (χ0n) is 33.3. The third-order valence-electron chi connectivity index (χ3n) is 9.71. The van der Waals surface area contributed by atoms with Crippen molar-refractivity contribution in [3.63, 3.8) is 0 Å². The highest BCUT2D eigenvalue weighted by Gasteiger charge is 2.51. The Kier molecular flexibility index (Phi) is 17.9. The first-order valence-electron chi connectivity index (χ1n) is 19.6.